The standard InChI is InChI=1S/C30H66N2O9Si.2C19H44N2O7Si.C8H22N2O5Si/c1-5-9-12-26(7-3)21-40-24-29(34)19-32(20-30(35)25-41-22-27(8-4)13-10-6-2)15-14-31-18-28(33)23-39-16-11-17-42(36,37)38;1-3-5-7-17(4-2)14-28-16-19(23)13-21(9-8-20)12-18(22)15-27-10-6-11-29(24,25)26;1-3-5-7-17(4-2)14-28-16-19(23)13-21-9-8-20-12-18(22)15-27-10-6-11-29(24,25)26;9-2-3-10-6-8(11)7-15-4-1-5-16(12,13)14/h26-31,33-38H,5-25H2,1-4H3;17-19,22-26H,3-16,20H2,1-2H3;17-26H,3-16H2,1-2H3;8,10-14H,1-7,9H2. The van der Waals surface area contributed by atoms with E-state index in [9.17, 15) is 40.9 Å². The molecule has 0 aliphatic rings. The van der Waals surface area contributed by atoms with Crippen LogP contribution in [0.4, 0.5) is 0 Å². The minimum atomic E-state index is -4.05. The zero-order valence-corrected chi connectivity index (χ0v) is 76.8. The van der Waals surface area contributed by atoms with Gasteiger partial charge in [0.2, 0.25) is 0 Å². The maximum absolute atomic E-state index is 10.7. The molecular formula is C76H176N8O28Si4. The molecule has 12 atom stereocenters. The second kappa shape index (κ2) is 82.7. The van der Waals surface area contributed by atoms with Gasteiger partial charge in [0.1, 0.15) is 0 Å². The second-order valence-electron chi connectivity index (χ2n) is 30.8. The summed E-state index contributed by atoms with van der Waals surface area (Å²) in [5, 5.41) is 93.3. The van der Waals surface area contributed by atoms with Crippen LogP contribution in [-0.2, 0) is 37.9 Å². The summed E-state index contributed by atoms with van der Waals surface area (Å²) in [6.07, 6.45) is 14.4. The van der Waals surface area contributed by atoms with Gasteiger partial charge >= 0.3 is 35.2 Å². The van der Waals surface area contributed by atoms with Crippen LogP contribution in [0.5, 0.6) is 0 Å². The zero-order chi connectivity index (χ0) is 88.2. The van der Waals surface area contributed by atoms with Crippen LogP contribution < -0.4 is 32.7 Å². The minimum Gasteiger partial charge on any atom is -0.390 e. The Bertz CT molecular complexity index is 1980. The van der Waals surface area contributed by atoms with E-state index < -0.39 is 84.0 Å². The van der Waals surface area contributed by atoms with E-state index in [1.165, 1.54) is 44.9 Å². The summed E-state index contributed by atoms with van der Waals surface area (Å²) in [5.74, 6) is 2.11. The highest BCUT2D eigenvalue weighted by Crippen LogP contribution is 2.17. The first kappa shape index (κ1) is 122. The van der Waals surface area contributed by atoms with Crippen molar-refractivity contribution in [2.75, 3.05) is 210 Å². The molecule has 36 nitrogen and oxygen atoms in total. The Morgan fingerprint density at radius 1 is 0.267 bits per heavy atom. The highest BCUT2D eigenvalue weighted by molar-refractivity contribution is 6.57. The molecule has 0 spiro atoms. The fraction of sp³-hybridized carbons (Fsp3) is 1.00. The van der Waals surface area contributed by atoms with Gasteiger partial charge in [-0.15, -0.1) is 0 Å². The van der Waals surface area contributed by atoms with Gasteiger partial charge in [-0.05, 0) is 75.0 Å². The van der Waals surface area contributed by atoms with Gasteiger partial charge in [0.25, 0.3) is 0 Å². The van der Waals surface area contributed by atoms with Gasteiger partial charge in [-0.2, -0.15) is 0 Å². The quantitative estimate of drug-likeness (QED) is 0.0230. The zero-order valence-electron chi connectivity index (χ0n) is 72.8. The summed E-state index contributed by atoms with van der Waals surface area (Å²) in [5.41, 5.74) is 10.9. The van der Waals surface area contributed by atoms with E-state index in [2.05, 4.69) is 76.7 Å². The number of rotatable bonds is 82. The van der Waals surface area contributed by atoms with Crippen LogP contribution >= 0.6 is 0 Å². The summed E-state index contributed by atoms with van der Waals surface area (Å²) in [7, 11) is -16.0. The SMILES string of the molecule is CCCCC(CC)COCC(O)CN(CCN)CC(O)COCCC[Si](O)(O)O.CCCCC(CC)COCC(O)CN(CCNCC(O)COCCC[Si](O)(O)O)CC(O)COCC(CC)CCCC.CCCCC(CC)COCC(O)CNCCNCC(O)COCCC[Si](O)(O)O.NCCNCC(O)COCCC[Si](O)(O)O. The van der Waals surface area contributed by atoms with Gasteiger partial charge in [0.05, 0.1) is 102 Å². The first-order valence-corrected chi connectivity index (χ1v) is 51.6. The second-order valence-corrected chi connectivity index (χ2v) is 39.0. The van der Waals surface area contributed by atoms with Gasteiger partial charge in [0, 0.05) is 182 Å². The maximum Gasteiger partial charge on any atom is 0.492 e. The van der Waals surface area contributed by atoms with E-state index in [1.807, 2.05) is 9.80 Å². The van der Waals surface area contributed by atoms with Crippen LogP contribution in [0.25, 0.3) is 0 Å². The van der Waals surface area contributed by atoms with Gasteiger partial charge < -0.3 is 169 Å². The molecule has 40 heteroatoms. The summed E-state index contributed by atoms with van der Waals surface area (Å²) in [6, 6.07) is -0.302. The van der Waals surface area contributed by atoms with Crippen molar-refractivity contribution in [1.29, 1.82) is 0 Å². The number of aliphatic hydroxyl groups is 8. The van der Waals surface area contributed by atoms with E-state index in [4.69, 9.17) is 107 Å². The minimum absolute atomic E-state index is 0.0471. The summed E-state index contributed by atoms with van der Waals surface area (Å²) >= 11 is 0. The molecule has 0 aromatic rings. The number of nitrogens with one attached hydrogen (secondary N) is 4. The first-order valence-electron chi connectivity index (χ1n) is 43.4. The Morgan fingerprint density at radius 2 is 0.491 bits per heavy atom. The van der Waals surface area contributed by atoms with Crippen molar-refractivity contribution >= 4 is 35.2 Å². The highest BCUT2D eigenvalue weighted by atomic mass is 28.4. The van der Waals surface area contributed by atoms with Gasteiger partial charge in [0.15, 0.2) is 0 Å². The number of unbranched alkanes of at least 4 members (excludes halogenated alkanes) is 4. The average molecular weight is 1760 g/mol. The molecule has 116 heavy (non-hydrogen) atoms. The highest BCUT2D eigenvalue weighted by Gasteiger charge is 2.29. The molecule has 704 valence electrons. The third-order valence-electron chi connectivity index (χ3n) is 18.5. The smallest absolute Gasteiger partial charge is 0.390 e. The lowest BCUT2D eigenvalue weighted by molar-refractivity contribution is -0.0204. The lowest BCUT2D eigenvalue weighted by atomic mass is 10.0. The lowest BCUT2D eigenvalue weighted by Crippen LogP contribution is -2.44. The van der Waals surface area contributed by atoms with Crippen molar-refractivity contribution in [1.82, 2.24) is 31.1 Å². The molecule has 0 saturated heterocycles. The Hall–Kier alpha value is -0.572. The first-order chi connectivity index (χ1) is 55.0. The van der Waals surface area contributed by atoms with Crippen molar-refractivity contribution in [3.8, 4) is 0 Å². The fourth-order valence-corrected chi connectivity index (χ4v) is 14.0. The predicted octanol–water partition coefficient (Wildman–Crippen LogP) is -2.07. The van der Waals surface area contributed by atoms with Crippen LogP contribution in [0.3, 0.4) is 0 Å². The number of hydrogen-bond acceptors (Lipinski definition) is 36. The molecule has 0 aromatic carbocycles. The van der Waals surface area contributed by atoms with Gasteiger partial charge in [-0.25, -0.2) is 0 Å². The molecule has 0 fully saturated rings. The Balaban J connectivity index is -0.000000755. The largest absolute Gasteiger partial charge is 0.492 e. The van der Waals surface area contributed by atoms with Crippen LogP contribution in [0.2, 0.25) is 24.2 Å². The number of hydrogen-bond donors (Lipinski definition) is 26. The van der Waals surface area contributed by atoms with E-state index in [0.29, 0.717) is 187 Å². The third kappa shape index (κ3) is 94.1. The molecule has 0 bridgehead atoms. The summed E-state index contributed by atoms with van der Waals surface area (Å²) in [4.78, 5) is 110. The average Bonchev–Trinajstić information content (AvgIpc) is 0.934. The maximum atomic E-state index is 10.7. The molecular weight excluding hydrogens is 1590 g/mol. The number of aliphatic hydroxyl groups excluding tert-OH is 8. The monoisotopic (exact) mass is 1760 g/mol. The van der Waals surface area contributed by atoms with Crippen molar-refractivity contribution < 1.29 is 136 Å². The topological polar surface area (TPSA) is 585 Å². The van der Waals surface area contributed by atoms with Gasteiger partial charge in [-0.1, -0.05) is 132 Å². The molecule has 0 radical (unpaired) electrons. The predicted molar refractivity (Wildman–Crippen MR) is 458 cm³/mol. The molecule has 12 unspecified atom stereocenters. The number of ether oxygens (including phenoxy) is 8. The number of nitrogens with two attached hydrogens (primary N) is 2. The normalized spacial score (nSPS) is 15.5. The Labute approximate surface area is 701 Å². The number of nitrogens with zero attached hydrogens (tertiary/aromatic N) is 2. The molecule has 0 amide bonds. The molecule has 0 rings (SSSR count). The lowest BCUT2D eigenvalue weighted by Gasteiger charge is -2.28. The van der Waals surface area contributed by atoms with Crippen LogP contribution in [0.15, 0.2) is 0 Å². The molecule has 0 aliphatic carbocycles. The van der Waals surface area contributed by atoms with Crippen molar-refractivity contribution in [3.63, 3.8) is 0 Å². The summed E-state index contributed by atoms with van der Waals surface area (Å²) in [6.45, 7) is 30.0. The van der Waals surface area contributed by atoms with Crippen molar-refractivity contribution in [2.24, 2.45) is 35.1 Å². The molecule has 28 N–H and O–H groups in total. The molecule has 0 saturated carbocycles. The Morgan fingerprint density at radius 3 is 0.724 bits per heavy atom. The third-order valence-corrected chi connectivity index (χ3v) is 22.6. The van der Waals surface area contributed by atoms with Crippen LogP contribution in [0, 0.1) is 23.7 Å². The van der Waals surface area contributed by atoms with E-state index in [0.717, 1.165) is 57.8 Å². The molecule has 0 aliphatic heterocycles. The van der Waals surface area contributed by atoms with E-state index in [1.54, 1.807) is 0 Å². The summed E-state index contributed by atoms with van der Waals surface area (Å²) < 4.78 is 44.0. The van der Waals surface area contributed by atoms with E-state index >= 15 is 0 Å². The Kier molecular flexibility index (Phi) is 86.8. The van der Waals surface area contributed by atoms with Gasteiger partial charge in [-0.3, -0.25) is 9.80 Å². The molecule has 0 heterocycles. The van der Waals surface area contributed by atoms with Crippen molar-refractivity contribution in [3.05, 3.63) is 0 Å². The van der Waals surface area contributed by atoms with E-state index in [-0.39, 0.29) is 96.9 Å². The fourth-order valence-electron chi connectivity index (χ4n) is 11.5. The van der Waals surface area contributed by atoms with Crippen LogP contribution in [0.1, 0.15) is 184 Å². The molecule has 0 aromatic heterocycles. The van der Waals surface area contributed by atoms with Crippen LogP contribution in [-0.4, -0.2) is 403 Å². The van der Waals surface area contributed by atoms with Crippen molar-refractivity contribution in [2.45, 2.75) is 257 Å².